The second-order valence-corrected chi connectivity index (χ2v) is 12.4. The highest BCUT2D eigenvalue weighted by molar-refractivity contribution is 7.80. The van der Waals surface area contributed by atoms with E-state index in [4.69, 9.17) is 13.0 Å². The molecule has 2 aromatic carbocycles. The van der Waals surface area contributed by atoms with Crippen LogP contribution < -0.4 is 9.05 Å². The molecule has 6 heteroatoms. The van der Waals surface area contributed by atoms with E-state index in [0.717, 1.165) is 12.8 Å². The molecule has 0 fully saturated rings. The number of rotatable bonds is 15. The van der Waals surface area contributed by atoms with Crippen molar-refractivity contribution in [3.05, 3.63) is 59.7 Å². The summed E-state index contributed by atoms with van der Waals surface area (Å²) >= 11 is 3.78. The molecule has 0 saturated carbocycles. The smallest absolute Gasteiger partial charge is 0.394 e. The zero-order chi connectivity index (χ0) is 25.2. The van der Waals surface area contributed by atoms with Crippen LogP contribution in [0.2, 0.25) is 0 Å². The molecule has 190 valence electrons. The molecule has 2 rings (SSSR count). The van der Waals surface area contributed by atoms with Crippen LogP contribution in [0.5, 0.6) is 11.5 Å². The Hall–Kier alpha value is -1.42. The average molecular weight is 507 g/mol. The summed E-state index contributed by atoms with van der Waals surface area (Å²) < 4.78 is 29.2. The van der Waals surface area contributed by atoms with Gasteiger partial charge in [-0.3, -0.25) is 0 Å². The van der Waals surface area contributed by atoms with E-state index in [9.17, 15) is 4.57 Å². The number of benzene rings is 2. The predicted molar refractivity (Wildman–Crippen MR) is 146 cm³/mol. The van der Waals surface area contributed by atoms with Gasteiger partial charge >= 0.3 is 7.82 Å². The van der Waals surface area contributed by atoms with Crippen molar-refractivity contribution in [3.63, 3.8) is 0 Å². The molecule has 0 bridgehead atoms. The summed E-state index contributed by atoms with van der Waals surface area (Å²) in [5.41, 5.74) is 2.58. The van der Waals surface area contributed by atoms with Crippen LogP contribution in [-0.4, -0.2) is 0 Å². The first-order valence-corrected chi connectivity index (χ1v) is 14.4. The van der Waals surface area contributed by atoms with Crippen molar-refractivity contribution >= 4 is 20.7 Å². The highest BCUT2D eigenvalue weighted by Gasteiger charge is 2.31. The lowest BCUT2D eigenvalue weighted by atomic mass is 9.80. The van der Waals surface area contributed by atoms with E-state index >= 15 is 0 Å². The summed E-state index contributed by atoms with van der Waals surface area (Å²) in [6.07, 6.45) is 9.54. The second kappa shape index (κ2) is 13.0. The normalized spacial score (nSPS) is 12.6. The highest BCUT2D eigenvalue weighted by atomic mass is 32.1. The average Bonchev–Trinajstić information content (AvgIpc) is 2.80. The number of hydrogen-bond donors (Lipinski definition) is 1. The Bertz CT molecular complexity index is 836. The largest absolute Gasteiger partial charge is 0.598 e. The van der Waals surface area contributed by atoms with Gasteiger partial charge < -0.3 is 9.05 Å². The number of phosphoric ester groups is 1. The Balaban J connectivity index is 2.04. The van der Waals surface area contributed by atoms with Crippen molar-refractivity contribution in [1.29, 1.82) is 0 Å². The van der Waals surface area contributed by atoms with Gasteiger partial charge in [0.1, 0.15) is 11.5 Å². The van der Waals surface area contributed by atoms with Crippen molar-refractivity contribution < 1.29 is 17.6 Å². The molecule has 2 aromatic rings. The molecule has 0 spiro atoms. The standard InChI is InChI=1S/C28H43O4PS/c1-7-9-11-21-27(3,4)23-13-17-25(18-14-23)30-33(29,32-34)31-26-19-15-24(16-20-26)28(5,6)22-12-10-8-2/h13-20,34H,7-12,21-22H2,1-6H3. The van der Waals surface area contributed by atoms with E-state index in [1.54, 1.807) is 0 Å². The molecule has 0 aliphatic carbocycles. The van der Waals surface area contributed by atoms with Gasteiger partial charge in [0.15, 0.2) is 0 Å². The fourth-order valence-corrected chi connectivity index (χ4v) is 5.23. The van der Waals surface area contributed by atoms with E-state index < -0.39 is 7.82 Å². The van der Waals surface area contributed by atoms with Gasteiger partial charge in [0, 0.05) is 0 Å². The molecule has 0 N–H and O–H groups in total. The summed E-state index contributed by atoms with van der Waals surface area (Å²) in [6, 6.07) is 15.3. The van der Waals surface area contributed by atoms with Gasteiger partial charge in [0.25, 0.3) is 0 Å². The maximum Gasteiger partial charge on any atom is 0.598 e. The van der Waals surface area contributed by atoms with Gasteiger partial charge in [-0.05, 0) is 72.0 Å². The maximum atomic E-state index is 13.1. The van der Waals surface area contributed by atoms with Crippen LogP contribution in [0.4, 0.5) is 0 Å². The predicted octanol–water partition coefficient (Wildman–Crippen LogP) is 9.83. The fourth-order valence-electron chi connectivity index (χ4n) is 4.17. The molecule has 0 aliphatic rings. The van der Waals surface area contributed by atoms with Crippen molar-refractivity contribution in [2.75, 3.05) is 0 Å². The van der Waals surface area contributed by atoms with E-state index in [-0.39, 0.29) is 10.8 Å². The number of hydrogen-bond acceptors (Lipinski definition) is 5. The maximum absolute atomic E-state index is 13.1. The number of thiol groups is 1. The van der Waals surface area contributed by atoms with Gasteiger partial charge in [-0.15, -0.1) is 0 Å². The molecule has 0 atom stereocenters. The van der Waals surface area contributed by atoms with Crippen LogP contribution in [0.1, 0.15) is 104 Å². The second-order valence-electron chi connectivity index (χ2n) is 10.4. The first kappa shape index (κ1) is 28.8. The quantitative estimate of drug-likeness (QED) is 0.113. The van der Waals surface area contributed by atoms with Gasteiger partial charge in [-0.1, -0.05) is 104 Å². The van der Waals surface area contributed by atoms with Crippen LogP contribution in [0.15, 0.2) is 48.5 Å². The first-order chi connectivity index (χ1) is 16.0. The minimum absolute atomic E-state index is 0.0694. The molecule has 0 radical (unpaired) electrons. The van der Waals surface area contributed by atoms with Crippen molar-refractivity contribution in [1.82, 2.24) is 0 Å². The molecule has 0 heterocycles. The molecule has 4 nitrogen and oxygen atoms in total. The van der Waals surface area contributed by atoms with E-state index in [1.165, 1.54) is 49.7 Å². The van der Waals surface area contributed by atoms with E-state index in [2.05, 4.69) is 54.5 Å². The zero-order valence-electron chi connectivity index (χ0n) is 21.8. The molecule has 0 unspecified atom stereocenters. The summed E-state index contributed by atoms with van der Waals surface area (Å²) in [4.78, 5) is 0. The molecule has 0 aliphatic heterocycles. The van der Waals surface area contributed by atoms with Crippen molar-refractivity contribution in [3.8, 4) is 11.5 Å². The molecule has 0 aromatic heterocycles. The Labute approximate surface area is 213 Å². The Kier molecular flexibility index (Phi) is 11.1. The molecule has 34 heavy (non-hydrogen) atoms. The van der Waals surface area contributed by atoms with Gasteiger partial charge in [-0.25, -0.2) is 4.57 Å². The van der Waals surface area contributed by atoms with Crippen LogP contribution >= 0.6 is 20.7 Å². The summed E-state index contributed by atoms with van der Waals surface area (Å²) in [7, 11) is -3.93. The minimum atomic E-state index is -3.93. The Morgan fingerprint density at radius 2 is 1.03 bits per heavy atom. The monoisotopic (exact) mass is 506 g/mol. The summed E-state index contributed by atoms with van der Waals surface area (Å²) in [5, 5.41) is 0. The van der Waals surface area contributed by atoms with Crippen LogP contribution in [0, 0.1) is 0 Å². The SMILES string of the molecule is CCCCCC(C)(C)c1ccc(OP(=O)(OS)Oc2ccc(C(C)(C)CCCCC)cc2)cc1. The minimum Gasteiger partial charge on any atom is -0.394 e. The molecular weight excluding hydrogens is 463 g/mol. The number of phosphoric acid groups is 1. The zero-order valence-corrected chi connectivity index (χ0v) is 23.6. The van der Waals surface area contributed by atoms with E-state index in [0.29, 0.717) is 11.5 Å². The van der Waals surface area contributed by atoms with Crippen LogP contribution in [0.3, 0.4) is 0 Å². The first-order valence-electron chi connectivity index (χ1n) is 12.6. The number of unbranched alkanes of at least 4 members (excludes halogenated alkanes) is 4. The van der Waals surface area contributed by atoms with Crippen molar-refractivity contribution in [2.24, 2.45) is 0 Å². The third-order valence-corrected chi connectivity index (χ3v) is 8.29. The third-order valence-electron chi connectivity index (χ3n) is 6.62. The molecule has 0 saturated heterocycles. The lowest BCUT2D eigenvalue weighted by Gasteiger charge is -2.26. The topological polar surface area (TPSA) is 44.8 Å². The lowest BCUT2D eigenvalue weighted by Crippen LogP contribution is -2.17. The Morgan fingerprint density at radius 3 is 1.32 bits per heavy atom. The Morgan fingerprint density at radius 1 is 0.676 bits per heavy atom. The van der Waals surface area contributed by atoms with Gasteiger partial charge in [0.2, 0.25) is 0 Å². The van der Waals surface area contributed by atoms with Crippen LogP contribution in [-0.2, 0) is 19.4 Å². The molecule has 0 amide bonds. The molecular formula is C28H43O4PS. The lowest BCUT2D eigenvalue weighted by molar-refractivity contribution is 0.315. The fraction of sp³-hybridized carbons (Fsp3) is 0.571. The van der Waals surface area contributed by atoms with Gasteiger partial charge in [-0.2, -0.15) is 3.97 Å². The third kappa shape index (κ3) is 8.66. The van der Waals surface area contributed by atoms with Gasteiger partial charge in [0.05, 0.1) is 0 Å². The highest BCUT2D eigenvalue weighted by Crippen LogP contribution is 2.51. The van der Waals surface area contributed by atoms with Crippen molar-refractivity contribution in [2.45, 2.75) is 104 Å². The summed E-state index contributed by atoms with van der Waals surface area (Å²) in [5.74, 6) is 0.832. The summed E-state index contributed by atoms with van der Waals surface area (Å²) in [6.45, 7) is 13.4. The van der Waals surface area contributed by atoms with E-state index in [1.807, 2.05) is 48.5 Å². The van der Waals surface area contributed by atoms with Crippen LogP contribution in [0.25, 0.3) is 0 Å².